The van der Waals surface area contributed by atoms with Crippen molar-refractivity contribution >= 4 is 44.6 Å². The standard InChI is InChI=1S/C9H9Cl3O3S/c1-2-15-7-3-5-8(6-4-7)16(13,14)9(10,11)12/h3-6H,2H2,1H3. The van der Waals surface area contributed by atoms with E-state index in [9.17, 15) is 8.42 Å². The predicted molar refractivity (Wildman–Crippen MR) is 65.1 cm³/mol. The molecule has 0 saturated heterocycles. The Morgan fingerprint density at radius 1 is 1.19 bits per heavy atom. The molecule has 0 saturated carbocycles. The Balaban J connectivity index is 3.08. The maximum absolute atomic E-state index is 11.7. The summed E-state index contributed by atoms with van der Waals surface area (Å²) in [4.78, 5) is -0.0593. The first-order valence-corrected chi connectivity index (χ1v) is 6.95. The van der Waals surface area contributed by atoms with Crippen LogP contribution in [0, 0.1) is 0 Å². The third-order valence-corrected chi connectivity index (χ3v) is 5.08. The zero-order valence-corrected chi connectivity index (χ0v) is 11.4. The van der Waals surface area contributed by atoms with E-state index >= 15 is 0 Å². The highest BCUT2D eigenvalue weighted by Crippen LogP contribution is 2.37. The van der Waals surface area contributed by atoms with E-state index in [-0.39, 0.29) is 4.90 Å². The number of rotatable bonds is 3. The second-order valence-electron chi connectivity index (χ2n) is 2.85. The van der Waals surface area contributed by atoms with Crippen molar-refractivity contribution in [2.45, 2.75) is 14.9 Å². The first kappa shape index (κ1) is 13.9. The van der Waals surface area contributed by atoms with Gasteiger partial charge < -0.3 is 4.74 Å². The maximum atomic E-state index is 11.7. The lowest BCUT2D eigenvalue weighted by molar-refractivity contribution is 0.340. The van der Waals surface area contributed by atoms with Gasteiger partial charge in [-0.3, -0.25) is 0 Å². The van der Waals surface area contributed by atoms with Crippen LogP contribution in [0.1, 0.15) is 6.92 Å². The van der Waals surface area contributed by atoms with Crippen LogP contribution >= 0.6 is 34.8 Å². The largest absolute Gasteiger partial charge is 0.494 e. The van der Waals surface area contributed by atoms with Gasteiger partial charge in [-0.2, -0.15) is 0 Å². The molecule has 0 spiro atoms. The molecule has 1 aromatic rings. The van der Waals surface area contributed by atoms with Crippen molar-refractivity contribution in [1.29, 1.82) is 0 Å². The lowest BCUT2D eigenvalue weighted by Crippen LogP contribution is -2.19. The van der Waals surface area contributed by atoms with Crippen LogP contribution in [0.4, 0.5) is 0 Å². The fraction of sp³-hybridized carbons (Fsp3) is 0.333. The molecule has 3 nitrogen and oxygen atoms in total. The Bertz CT molecular complexity index is 448. The summed E-state index contributed by atoms with van der Waals surface area (Å²) in [6.45, 7) is 2.32. The molecule has 0 amide bonds. The van der Waals surface area contributed by atoms with Gasteiger partial charge in [0.2, 0.25) is 9.84 Å². The SMILES string of the molecule is CCOc1ccc(S(=O)(=O)C(Cl)(Cl)Cl)cc1. The summed E-state index contributed by atoms with van der Waals surface area (Å²) in [5, 5.41) is 0. The molecule has 0 heterocycles. The molecular formula is C9H9Cl3O3S. The fourth-order valence-corrected chi connectivity index (χ4v) is 2.58. The highest BCUT2D eigenvalue weighted by Gasteiger charge is 2.39. The van der Waals surface area contributed by atoms with Crippen molar-refractivity contribution in [1.82, 2.24) is 0 Å². The van der Waals surface area contributed by atoms with Gasteiger partial charge in [-0.25, -0.2) is 8.42 Å². The van der Waals surface area contributed by atoms with Crippen LogP contribution in [0.25, 0.3) is 0 Å². The van der Waals surface area contributed by atoms with E-state index < -0.39 is 13.0 Å². The molecule has 0 aliphatic rings. The van der Waals surface area contributed by atoms with Crippen molar-refractivity contribution < 1.29 is 13.2 Å². The number of hydrogen-bond donors (Lipinski definition) is 0. The minimum absolute atomic E-state index is 0.0593. The van der Waals surface area contributed by atoms with Gasteiger partial charge in [-0.05, 0) is 31.2 Å². The molecule has 0 atom stereocenters. The summed E-state index contributed by atoms with van der Waals surface area (Å²) in [6, 6.07) is 5.68. The number of ether oxygens (including phenoxy) is 1. The zero-order valence-electron chi connectivity index (χ0n) is 8.28. The van der Waals surface area contributed by atoms with Gasteiger partial charge in [0.05, 0.1) is 11.5 Å². The smallest absolute Gasteiger partial charge is 0.296 e. The number of benzene rings is 1. The van der Waals surface area contributed by atoms with Gasteiger partial charge in [0.25, 0.3) is 3.12 Å². The minimum Gasteiger partial charge on any atom is -0.494 e. The molecule has 1 aromatic carbocycles. The summed E-state index contributed by atoms with van der Waals surface area (Å²) in [5.74, 6) is 0.561. The molecule has 90 valence electrons. The second-order valence-corrected chi connectivity index (χ2v) is 7.90. The molecule has 0 aliphatic heterocycles. The normalized spacial score (nSPS) is 12.5. The van der Waals surface area contributed by atoms with Crippen LogP contribution in [0.2, 0.25) is 0 Å². The summed E-state index contributed by atoms with van der Waals surface area (Å²) in [7, 11) is -3.97. The van der Waals surface area contributed by atoms with Crippen LogP contribution in [0.15, 0.2) is 29.2 Å². The van der Waals surface area contributed by atoms with Crippen LogP contribution < -0.4 is 4.74 Å². The van der Waals surface area contributed by atoms with Crippen molar-refractivity contribution in [3.63, 3.8) is 0 Å². The Morgan fingerprint density at radius 3 is 2.06 bits per heavy atom. The van der Waals surface area contributed by atoms with E-state index in [4.69, 9.17) is 39.5 Å². The summed E-state index contributed by atoms with van der Waals surface area (Å²) in [5.41, 5.74) is 0. The molecule has 0 unspecified atom stereocenters. The first-order chi connectivity index (χ1) is 7.29. The molecule has 0 aliphatic carbocycles. The van der Waals surface area contributed by atoms with Gasteiger partial charge in [0.15, 0.2) is 0 Å². The topological polar surface area (TPSA) is 43.4 Å². The van der Waals surface area contributed by atoms with Crippen LogP contribution in [0.5, 0.6) is 5.75 Å². The fourth-order valence-electron chi connectivity index (χ4n) is 1.02. The quantitative estimate of drug-likeness (QED) is 0.806. The lowest BCUT2D eigenvalue weighted by atomic mass is 10.3. The Hall–Kier alpha value is -0.160. The van der Waals surface area contributed by atoms with Crippen LogP contribution in [0.3, 0.4) is 0 Å². The Morgan fingerprint density at radius 2 is 1.69 bits per heavy atom. The van der Waals surface area contributed by atoms with Crippen molar-refractivity contribution in [2.24, 2.45) is 0 Å². The number of sulfone groups is 1. The zero-order chi connectivity index (χ0) is 12.4. The highest BCUT2D eigenvalue weighted by molar-refractivity contribution is 7.97. The molecule has 0 N–H and O–H groups in total. The average Bonchev–Trinajstić information content (AvgIpc) is 2.17. The van der Waals surface area contributed by atoms with Crippen LogP contribution in [-0.2, 0) is 9.84 Å². The molecule has 16 heavy (non-hydrogen) atoms. The van der Waals surface area contributed by atoms with E-state index in [1.54, 1.807) is 0 Å². The number of hydrogen-bond acceptors (Lipinski definition) is 3. The minimum atomic E-state index is -3.97. The second kappa shape index (κ2) is 5.00. The monoisotopic (exact) mass is 302 g/mol. The first-order valence-electron chi connectivity index (χ1n) is 4.33. The molecule has 0 bridgehead atoms. The average molecular weight is 304 g/mol. The van der Waals surface area contributed by atoms with Crippen molar-refractivity contribution in [3.8, 4) is 5.75 Å². The summed E-state index contributed by atoms with van der Waals surface area (Å²) in [6.07, 6.45) is 0. The maximum Gasteiger partial charge on any atom is 0.296 e. The van der Waals surface area contributed by atoms with Gasteiger partial charge in [-0.15, -0.1) is 0 Å². The van der Waals surface area contributed by atoms with Gasteiger partial charge in [0.1, 0.15) is 5.75 Å². The van der Waals surface area contributed by atoms with E-state index in [2.05, 4.69) is 0 Å². The van der Waals surface area contributed by atoms with Gasteiger partial charge in [-0.1, -0.05) is 34.8 Å². The van der Waals surface area contributed by atoms with Crippen molar-refractivity contribution in [3.05, 3.63) is 24.3 Å². The van der Waals surface area contributed by atoms with E-state index in [1.807, 2.05) is 6.92 Å². The lowest BCUT2D eigenvalue weighted by Gasteiger charge is -2.12. The molecule has 0 aromatic heterocycles. The number of halogens is 3. The van der Waals surface area contributed by atoms with Gasteiger partial charge in [0, 0.05) is 0 Å². The Labute approximate surface area is 109 Å². The highest BCUT2D eigenvalue weighted by atomic mass is 35.6. The summed E-state index contributed by atoms with van der Waals surface area (Å²) >= 11 is 16.1. The van der Waals surface area contributed by atoms with Crippen LogP contribution in [-0.4, -0.2) is 18.1 Å². The van der Waals surface area contributed by atoms with E-state index in [0.717, 1.165) is 0 Å². The third kappa shape index (κ3) is 2.94. The predicted octanol–water partition coefficient (Wildman–Crippen LogP) is 3.19. The number of alkyl halides is 3. The molecule has 0 fully saturated rings. The molecular weight excluding hydrogens is 295 g/mol. The molecule has 7 heteroatoms. The third-order valence-electron chi connectivity index (χ3n) is 1.75. The van der Waals surface area contributed by atoms with Crippen molar-refractivity contribution in [2.75, 3.05) is 6.61 Å². The molecule has 1 rings (SSSR count). The van der Waals surface area contributed by atoms with Gasteiger partial charge >= 0.3 is 0 Å². The summed E-state index contributed by atoms with van der Waals surface area (Å²) < 4.78 is 26.2. The van der Waals surface area contributed by atoms with E-state index in [1.165, 1.54) is 24.3 Å². The Kier molecular flexibility index (Phi) is 4.35. The van der Waals surface area contributed by atoms with E-state index in [0.29, 0.717) is 12.4 Å². The molecule has 0 radical (unpaired) electrons.